The van der Waals surface area contributed by atoms with Crippen LogP contribution in [-0.2, 0) is 4.79 Å². The lowest BCUT2D eigenvalue weighted by Crippen LogP contribution is -2.37. The number of primary amides is 1. The monoisotopic (exact) mass is 262 g/mol. The number of rotatable bonds is 4. The number of benzene rings is 1. The average molecular weight is 262 g/mol. The van der Waals surface area contributed by atoms with Gasteiger partial charge in [0, 0.05) is 6.54 Å². The van der Waals surface area contributed by atoms with Gasteiger partial charge in [-0.25, -0.2) is 14.4 Å². The highest BCUT2D eigenvalue weighted by molar-refractivity contribution is 5.89. The Morgan fingerprint density at radius 3 is 2.84 bits per heavy atom. The first-order valence-corrected chi connectivity index (χ1v) is 5.85. The van der Waals surface area contributed by atoms with Gasteiger partial charge in [0.05, 0.1) is 16.3 Å². The molecule has 0 saturated heterocycles. The van der Waals surface area contributed by atoms with E-state index in [1.165, 1.54) is 12.4 Å². The van der Waals surface area contributed by atoms with Crippen molar-refractivity contribution < 1.29 is 9.18 Å². The maximum absolute atomic E-state index is 13.8. The third-order valence-corrected chi connectivity index (χ3v) is 2.98. The molecule has 0 unspecified atom stereocenters. The van der Waals surface area contributed by atoms with E-state index in [1.54, 1.807) is 26.0 Å². The molecule has 0 radical (unpaired) electrons. The van der Waals surface area contributed by atoms with E-state index in [1.807, 2.05) is 0 Å². The van der Waals surface area contributed by atoms with Gasteiger partial charge in [-0.15, -0.1) is 0 Å². The van der Waals surface area contributed by atoms with E-state index in [4.69, 9.17) is 5.73 Å². The quantitative estimate of drug-likeness (QED) is 0.878. The van der Waals surface area contributed by atoms with Crippen LogP contribution in [-0.4, -0.2) is 22.4 Å². The van der Waals surface area contributed by atoms with Crippen LogP contribution in [0.25, 0.3) is 10.9 Å². The van der Waals surface area contributed by atoms with Crippen molar-refractivity contribution in [1.82, 2.24) is 9.97 Å². The fraction of sp³-hybridized carbons (Fsp3) is 0.308. The molecule has 0 aliphatic rings. The van der Waals surface area contributed by atoms with Gasteiger partial charge in [0.2, 0.25) is 5.91 Å². The van der Waals surface area contributed by atoms with E-state index in [0.29, 0.717) is 16.7 Å². The first-order valence-electron chi connectivity index (χ1n) is 5.85. The average Bonchev–Trinajstić information content (AvgIpc) is 2.36. The summed E-state index contributed by atoms with van der Waals surface area (Å²) in [5, 5.41) is 3.27. The molecule has 0 fully saturated rings. The molecule has 0 spiro atoms. The summed E-state index contributed by atoms with van der Waals surface area (Å²) in [6.45, 7) is 3.69. The fourth-order valence-corrected chi connectivity index (χ4v) is 1.59. The van der Waals surface area contributed by atoms with Crippen molar-refractivity contribution in [2.24, 2.45) is 11.1 Å². The molecule has 19 heavy (non-hydrogen) atoms. The standard InChI is InChI=1S/C13H15FN4O/c1-13(2,12(15)19)6-16-11-10-8(14)4-3-5-9(10)17-7-18-11/h3-5,7H,6H2,1-2H3,(H2,15,19)(H,16,17,18). The van der Waals surface area contributed by atoms with Crippen LogP contribution in [0.2, 0.25) is 0 Å². The second-order valence-electron chi connectivity index (χ2n) is 4.96. The molecule has 0 bridgehead atoms. The second kappa shape index (κ2) is 4.79. The largest absolute Gasteiger partial charge is 0.369 e. The minimum atomic E-state index is -0.747. The van der Waals surface area contributed by atoms with Gasteiger partial charge in [-0.3, -0.25) is 4.79 Å². The number of nitrogens with one attached hydrogen (secondary N) is 1. The van der Waals surface area contributed by atoms with E-state index in [0.717, 1.165) is 0 Å². The van der Waals surface area contributed by atoms with Crippen molar-refractivity contribution in [2.45, 2.75) is 13.8 Å². The Kier molecular flexibility index (Phi) is 3.33. The Morgan fingerprint density at radius 1 is 1.42 bits per heavy atom. The van der Waals surface area contributed by atoms with Crippen molar-refractivity contribution in [3.63, 3.8) is 0 Å². The molecule has 2 aromatic rings. The number of anilines is 1. The van der Waals surface area contributed by atoms with Gasteiger partial charge >= 0.3 is 0 Å². The number of hydrogen-bond acceptors (Lipinski definition) is 4. The van der Waals surface area contributed by atoms with E-state index in [2.05, 4.69) is 15.3 Å². The van der Waals surface area contributed by atoms with Crippen LogP contribution in [0.5, 0.6) is 0 Å². The van der Waals surface area contributed by atoms with Gasteiger partial charge in [-0.05, 0) is 26.0 Å². The molecule has 0 aliphatic carbocycles. The number of nitrogens with zero attached hydrogens (tertiary/aromatic N) is 2. The minimum Gasteiger partial charge on any atom is -0.369 e. The zero-order valence-corrected chi connectivity index (χ0v) is 10.8. The Bertz CT molecular complexity index is 622. The van der Waals surface area contributed by atoms with Crippen molar-refractivity contribution in [3.05, 3.63) is 30.3 Å². The minimum absolute atomic E-state index is 0.267. The lowest BCUT2D eigenvalue weighted by molar-refractivity contribution is -0.125. The van der Waals surface area contributed by atoms with Crippen LogP contribution in [0.3, 0.4) is 0 Å². The highest BCUT2D eigenvalue weighted by Gasteiger charge is 2.25. The lowest BCUT2D eigenvalue weighted by atomic mass is 9.93. The number of nitrogens with two attached hydrogens (primary N) is 1. The van der Waals surface area contributed by atoms with Gasteiger partial charge < -0.3 is 11.1 Å². The number of carbonyl (C=O) groups is 1. The number of fused-ring (bicyclic) bond motifs is 1. The van der Waals surface area contributed by atoms with Gasteiger partial charge in [-0.2, -0.15) is 0 Å². The molecule has 100 valence electrons. The molecular formula is C13H15FN4O. The van der Waals surface area contributed by atoms with E-state index in [-0.39, 0.29) is 6.54 Å². The summed E-state index contributed by atoms with van der Waals surface area (Å²) in [5.74, 6) is -0.478. The molecule has 2 rings (SSSR count). The van der Waals surface area contributed by atoms with Gasteiger partial charge in [0.1, 0.15) is 18.0 Å². The SMILES string of the molecule is CC(C)(CNc1ncnc2cccc(F)c12)C(N)=O. The Morgan fingerprint density at radius 2 is 2.16 bits per heavy atom. The van der Waals surface area contributed by atoms with Crippen LogP contribution < -0.4 is 11.1 Å². The van der Waals surface area contributed by atoms with Crippen LogP contribution in [0.15, 0.2) is 24.5 Å². The van der Waals surface area contributed by atoms with Crippen LogP contribution in [0.1, 0.15) is 13.8 Å². The summed E-state index contributed by atoms with van der Waals surface area (Å²) >= 11 is 0. The second-order valence-corrected chi connectivity index (χ2v) is 4.96. The molecule has 1 amide bonds. The number of halogens is 1. The molecule has 0 atom stereocenters. The molecule has 0 aliphatic heterocycles. The Hall–Kier alpha value is -2.24. The summed E-state index contributed by atoms with van der Waals surface area (Å²) in [4.78, 5) is 19.3. The fourth-order valence-electron chi connectivity index (χ4n) is 1.59. The van der Waals surface area contributed by atoms with E-state index in [9.17, 15) is 9.18 Å². The predicted octanol–water partition coefficient (Wildman–Crippen LogP) is 1.69. The normalized spacial score (nSPS) is 11.5. The number of aromatic nitrogens is 2. The van der Waals surface area contributed by atoms with Crippen molar-refractivity contribution in [2.75, 3.05) is 11.9 Å². The molecule has 5 nitrogen and oxygen atoms in total. The maximum atomic E-state index is 13.8. The smallest absolute Gasteiger partial charge is 0.224 e. The topological polar surface area (TPSA) is 80.9 Å². The highest BCUT2D eigenvalue weighted by atomic mass is 19.1. The highest BCUT2D eigenvalue weighted by Crippen LogP contribution is 2.23. The van der Waals surface area contributed by atoms with Gasteiger partial charge in [-0.1, -0.05) is 6.07 Å². The molecule has 1 aromatic heterocycles. The van der Waals surface area contributed by atoms with E-state index >= 15 is 0 Å². The number of hydrogen-bond donors (Lipinski definition) is 2. The number of carbonyl (C=O) groups excluding carboxylic acids is 1. The predicted molar refractivity (Wildman–Crippen MR) is 71.0 cm³/mol. The Labute approximate surface area is 110 Å². The summed E-state index contributed by atoms with van der Waals surface area (Å²) < 4.78 is 13.8. The van der Waals surface area contributed by atoms with Gasteiger partial charge in [0.25, 0.3) is 0 Å². The van der Waals surface area contributed by atoms with Crippen LogP contribution in [0, 0.1) is 11.2 Å². The van der Waals surface area contributed by atoms with Crippen LogP contribution >= 0.6 is 0 Å². The molecule has 0 saturated carbocycles. The van der Waals surface area contributed by atoms with Gasteiger partial charge in [0.15, 0.2) is 0 Å². The number of amides is 1. The molecule has 3 N–H and O–H groups in total. The summed E-state index contributed by atoms with van der Waals surface area (Å²) in [6.07, 6.45) is 1.35. The van der Waals surface area contributed by atoms with E-state index < -0.39 is 17.1 Å². The maximum Gasteiger partial charge on any atom is 0.224 e. The third-order valence-electron chi connectivity index (χ3n) is 2.98. The molecule has 1 aromatic carbocycles. The molecule has 1 heterocycles. The van der Waals surface area contributed by atoms with Crippen molar-refractivity contribution in [3.8, 4) is 0 Å². The van der Waals surface area contributed by atoms with Crippen molar-refractivity contribution >= 4 is 22.6 Å². The summed E-state index contributed by atoms with van der Waals surface area (Å²) in [5.41, 5.74) is 5.05. The lowest BCUT2D eigenvalue weighted by Gasteiger charge is -2.21. The molecular weight excluding hydrogens is 247 g/mol. The summed E-state index contributed by atoms with van der Waals surface area (Å²) in [7, 11) is 0. The zero-order valence-electron chi connectivity index (χ0n) is 10.8. The molecule has 6 heteroatoms. The first-order chi connectivity index (χ1) is 8.92. The van der Waals surface area contributed by atoms with Crippen molar-refractivity contribution in [1.29, 1.82) is 0 Å². The Balaban J connectivity index is 2.34. The first kappa shape index (κ1) is 13.2. The zero-order chi connectivity index (χ0) is 14.0. The summed E-state index contributed by atoms with van der Waals surface area (Å²) in [6, 6.07) is 4.63. The van der Waals surface area contributed by atoms with Crippen LogP contribution in [0.4, 0.5) is 10.2 Å². The third kappa shape index (κ3) is 2.62.